The Hall–Kier alpha value is -3.11. The zero-order valence-corrected chi connectivity index (χ0v) is 15.4. The molecule has 3 aromatic rings. The molecule has 2 unspecified atom stereocenters. The van der Waals surface area contributed by atoms with Gasteiger partial charge >= 0.3 is 0 Å². The summed E-state index contributed by atoms with van der Waals surface area (Å²) in [5.41, 5.74) is 0.267. The van der Waals surface area contributed by atoms with E-state index in [0.29, 0.717) is 5.56 Å². The van der Waals surface area contributed by atoms with E-state index in [1.165, 1.54) is 24.3 Å². The minimum Gasteiger partial charge on any atom is -0.508 e. The van der Waals surface area contributed by atoms with Crippen molar-refractivity contribution in [3.63, 3.8) is 0 Å². The van der Waals surface area contributed by atoms with Crippen LogP contribution in [-0.4, -0.2) is 56.6 Å². The number of aliphatic hydroxyl groups excluding tert-OH is 3. The van der Waals surface area contributed by atoms with Gasteiger partial charge in [-0.2, -0.15) is 0 Å². The number of fused-ring (bicyclic) bond motifs is 4. The van der Waals surface area contributed by atoms with Crippen molar-refractivity contribution in [1.29, 1.82) is 0 Å². The van der Waals surface area contributed by atoms with Crippen LogP contribution in [0.25, 0.3) is 22.3 Å². The lowest BCUT2D eigenvalue weighted by atomic mass is 9.92. The highest BCUT2D eigenvalue weighted by atomic mass is 16.6. The summed E-state index contributed by atoms with van der Waals surface area (Å²) in [5.74, 6) is 0.0386. The summed E-state index contributed by atoms with van der Waals surface area (Å²) in [5, 5.41) is 50.1. The molecule has 5 N–H and O–H groups in total. The molecular weight excluding hydrogens is 396 g/mol. The summed E-state index contributed by atoms with van der Waals surface area (Å²) in [6.45, 7) is -0.538. The summed E-state index contributed by atoms with van der Waals surface area (Å²) in [6.07, 6.45) is -5.81. The maximum absolute atomic E-state index is 12.8. The van der Waals surface area contributed by atoms with E-state index in [-0.39, 0.29) is 33.8 Å². The SMILES string of the molecule is O=c1cc(-c2ccc(O)cc2)oc2cc3c(c(O)c12)C1O[C@H](CO)C(O)[C@H](O)[C@@H]1O3. The normalized spacial score (nSPS) is 27.5. The highest BCUT2D eigenvalue weighted by Gasteiger charge is 2.52. The number of phenolic OH excluding ortho intramolecular Hbond substituents is 2. The van der Waals surface area contributed by atoms with Crippen LogP contribution in [0.4, 0.5) is 0 Å². The Morgan fingerprint density at radius 3 is 2.43 bits per heavy atom. The molecule has 9 heteroatoms. The summed E-state index contributed by atoms with van der Waals surface area (Å²) in [4.78, 5) is 12.8. The molecule has 9 nitrogen and oxygen atoms in total. The molecule has 1 fully saturated rings. The molecule has 1 aromatic heterocycles. The fourth-order valence-corrected chi connectivity index (χ4v) is 4.04. The first-order valence-electron chi connectivity index (χ1n) is 9.31. The quantitative estimate of drug-likeness (QED) is 0.410. The molecule has 1 saturated heterocycles. The molecule has 2 aliphatic heterocycles. The first-order chi connectivity index (χ1) is 14.4. The molecular formula is C21H18O9. The monoisotopic (exact) mass is 414 g/mol. The number of benzene rings is 2. The van der Waals surface area contributed by atoms with Crippen LogP contribution in [0.2, 0.25) is 0 Å². The van der Waals surface area contributed by atoms with E-state index in [2.05, 4.69) is 0 Å². The Balaban J connectivity index is 1.65. The number of hydrogen-bond acceptors (Lipinski definition) is 9. The average molecular weight is 414 g/mol. The number of aromatic hydroxyl groups is 2. The van der Waals surface area contributed by atoms with Gasteiger partial charge in [-0.25, -0.2) is 0 Å². The van der Waals surface area contributed by atoms with Gasteiger partial charge < -0.3 is 39.4 Å². The van der Waals surface area contributed by atoms with Gasteiger partial charge in [0.15, 0.2) is 11.5 Å². The average Bonchev–Trinajstić information content (AvgIpc) is 3.09. The maximum atomic E-state index is 12.8. The maximum Gasteiger partial charge on any atom is 0.197 e. The number of hydrogen-bond donors (Lipinski definition) is 5. The van der Waals surface area contributed by atoms with Gasteiger partial charge in [-0.3, -0.25) is 4.79 Å². The lowest BCUT2D eigenvalue weighted by molar-refractivity contribution is -0.215. The molecule has 3 heterocycles. The number of aliphatic hydroxyl groups is 3. The molecule has 2 aliphatic rings. The predicted molar refractivity (Wildman–Crippen MR) is 102 cm³/mol. The topological polar surface area (TPSA) is 150 Å². The second kappa shape index (κ2) is 6.71. The summed E-state index contributed by atoms with van der Waals surface area (Å²) < 4.78 is 17.1. The Morgan fingerprint density at radius 2 is 1.73 bits per heavy atom. The molecule has 5 rings (SSSR count). The number of ether oxygens (including phenoxy) is 2. The largest absolute Gasteiger partial charge is 0.508 e. The molecule has 0 amide bonds. The summed E-state index contributed by atoms with van der Waals surface area (Å²) in [6, 6.07) is 8.72. The van der Waals surface area contributed by atoms with Crippen molar-refractivity contribution in [3.05, 3.63) is 52.2 Å². The van der Waals surface area contributed by atoms with Crippen LogP contribution >= 0.6 is 0 Å². The Labute approximate surface area is 169 Å². The van der Waals surface area contributed by atoms with Crippen molar-refractivity contribution >= 4 is 11.0 Å². The fraction of sp³-hybridized carbons (Fsp3) is 0.286. The molecule has 30 heavy (non-hydrogen) atoms. The Morgan fingerprint density at radius 1 is 1.00 bits per heavy atom. The minimum atomic E-state index is -1.37. The lowest BCUT2D eigenvalue weighted by Crippen LogP contribution is -2.55. The van der Waals surface area contributed by atoms with E-state index in [1.54, 1.807) is 12.1 Å². The van der Waals surface area contributed by atoms with Gasteiger partial charge in [0, 0.05) is 17.7 Å². The van der Waals surface area contributed by atoms with E-state index in [4.69, 9.17) is 13.9 Å². The van der Waals surface area contributed by atoms with Crippen LogP contribution in [0.1, 0.15) is 11.7 Å². The molecule has 0 saturated carbocycles. The minimum absolute atomic E-state index is 0.0641. The second-order valence-electron chi connectivity index (χ2n) is 7.37. The van der Waals surface area contributed by atoms with E-state index in [0.717, 1.165) is 0 Å². The molecule has 2 aromatic carbocycles. The third kappa shape index (κ3) is 2.67. The smallest absolute Gasteiger partial charge is 0.197 e. The van der Waals surface area contributed by atoms with Gasteiger partial charge in [0.25, 0.3) is 0 Å². The highest BCUT2D eigenvalue weighted by Crippen LogP contribution is 2.50. The highest BCUT2D eigenvalue weighted by molar-refractivity contribution is 5.88. The van der Waals surface area contributed by atoms with Gasteiger partial charge in [0.1, 0.15) is 58.4 Å². The van der Waals surface area contributed by atoms with Crippen molar-refractivity contribution in [1.82, 2.24) is 0 Å². The number of phenols is 2. The van der Waals surface area contributed by atoms with Crippen molar-refractivity contribution in [2.24, 2.45) is 0 Å². The number of rotatable bonds is 2. The van der Waals surface area contributed by atoms with Crippen molar-refractivity contribution in [3.8, 4) is 28.6 Å². The van der Waals surface area contributed by atoms with Crippen LogP contribution < -0.4 is 10.2 Å². The zero-order valence-electron chi connectivity index (χ0n) is 15.4. The molecule has 0 aliphatic carbocycles. The van der Waals surface area contributed by atoms with Gasteiger partial charge in [0.2, 0.25) is 0 Å². The third-order valence-corrected chi connectivity index (χ3v) is 5.56. The van der Waals surface area contributed by atoms with Crippen LogP contribution in [-0.2, 0) is 4.74 Å². The molecule has 5 atom stereocenters. The van der Waals surface area contributed by atoms with Crippen LogP contribution in [0.15, 0.2) is 45.6 Å². The van der Waals surface area contributed by atoms with Crippen molar-refractivity contribution < 1.29 is 39.4 Å². The first-order valence-corrected chi connectivity index (χ1v) is 9.31. The van der Waals surface area contributed by atoms with Crippen molar-refractivity contribution in [2.75, 3.05) is 6.61 Å². The van der Waals surface area contributed by atoms with E-state index >= 15 is 0 Å². The van der Waals surface area contributed by atoms with Crippen molar-refractivity contribution in [2.45, 2.75) is 30.5 Å². The molecule has 0 bridgehead atoms. The standard InChI is InChI=1S/C21H18O9/c22-7-14-17(25)19(27)21-20(30-14)16-13(29-21)6-12-15(18(16)26)10(24)5-11(28-12)8-1-3-9(23)4-2-8/h1-6,14,17,19-23,25-27H,7H2/t14-,17?,19+,20?,21+/m1/s1. The third-order valence-electron chi connectivity index (χ3n) is 5.56. The van der Waals surface area contributed by atoms with Gasteiger partial charge in [-0.1, -0.05) is 0 Å². The molecule has 0 spiro atoms. The predicted octanol–water partition coefficient (Wildman–Crippen LogP) is 0.786. The zero-order chi connectivity index (χ0) is 21.2. The fourth-order valence-electron chi connectivity index (χ4n) is 4.04. The summed E-state index contributed by atoms with van der Waals surface area (Å²) in [7, 11) is 0. The Bertz CT molecular complexity index is 1180. The molecule has 0 radical (unpaired) electrons. The molecule has 156 valence electrons. The Kier molecular flexibility index (Phi) is 4.23. The van der Waals surface area contributed by atoms with Crippen LogP contribution in [0, 0.1) is 0 Å². The second-order valence-corrected chi connectivity index (χ2v) is 7.37. The van der Waals surface area contributed by atoms with Crippen LogP contribution in [0.3, 0.4) is 0 Å². The van der Waals surface area contributed by atoms with E-state index < -0.39 is 48.3 Å². The lowest BCUT2D eigenvalue weighted by Gasteiger charge is -2.38. The van der Waals surface area contributed by atoms with Crippen LogP contribution in [0.5, 0.6) is 17.2 Å². The van der Waals surface area contributed by atoms with Gasteiger partial charge in [-0.15, -0.1) is 0 Å². The van der Waals surface area contributed by atoms with E-state index in [1.807, 2.05) is 0 Å². The van der Waals surface area contributed by atoms with E-state index in [9.17, 15) is 30.3 Å². The van der Waals surface area contributed by atoms with Gasteiger partial charge in [0.05, 0.1) is 12.2 Å². The van der Waals surface area contributed by atoms with Gasteiger partial charge in [-0.05, 0) is 24.3 Å². The summed E-state index contributed by atoms with van der Waals surface area (Å²) >= 11 is 0. The first kappa shape index (κ1) is 18.9.